The molecule has 0 radical (unpaired) electrons. The number of benzene rings is 2. The molecule has 0 aromatic heterocycles. The van der Waals surface area contributed by atoms with Crippen molar-refractivity contribution < 1.29 is 19.1 Å². The quantitative estimate of drug-likeness (QED) is 0.809. The van der Waals surface area contributed by atoms with Gasteiger partial charge in [0.05, 0.1) is 26.1 Å². The van der Waals surface area contributed by atoms with Gasteiger partial charge in [-0.15, -0.1) is 0 Å². The number of esters is 2. The summed E-state index contributed by atoms with van der Waals surface area (Å²) in [5.41, 5.74) is 1.56. The van der Waals surface area contributed by atoms with Crippen molar-refractivity contribution in [2.24, 2.45) is 5.41 Å². The Morgan fingerprint density at radius 1 is 1.12 bits per heavy atom. The van der Waals surface area contributed by atoms with Gasteiger partial charge in [0.2, 0.25) is 0 Å². The van der Waals surface area contributed by atoms with Crippen molar-refractivity contribution in [3.8, 4) is 0 Å². The minimum atomic E-state index is -0.724. The SMILES string of the molecule is COC(=O)C[C@@H]1c2ccc3ccccc3c2CC[C@]1(C)C(=O)OC. The van der Waals surface area contributed by atoms with E-state index in [1.165, 1.54) is 30.6 Å². The molecular formula is C20H22O4. The lowest BCUT2D eigenvalue weighted by Gasteiger charge is -2.40. The van der Waals surface area contributed by atoms with Crippen molar-refractivity contribution in [3.05, 3.63) is 47.5 Å². The Kier molecular flexibility index (Phi) is 4.31. The Morgan fingerprint density at radius 2 is 1.88 bits per heavy atom. The van der Waals surface area contributed by atoms with E-state index >= 15 is 0 Å². The zero-order chi connectivity index (χ0) is 17.3. The van der Waals surface area contributed by atoms with Crippen LogP contribution in [0.4, 0.5) is 0 Å². The van der Waals surface area contributed by atoms with Gasteiger partial charge in [0.25, 0.3) is 0 Å². The Labute approximate surface area is 141 Å². The monoisotopic (exact) mass is 326 g/mol. The van der Waals surface area contributed by atoms with Crippen LogP contribution in [0.25, 0.3) is 10.8 Å². The summed E-state index contributed by atoms with van der Waals surface area (Å²) in [5.74, 6) is -0.822. The van der Waals surface area contributed by atoms with Crippen LogP contribution >= 0.6 is 0 Å². The third-order valence-corrected chi connectivity index (χ3v) is 5.37. The van der Waals surface area contributed by atoms with Gasteiger partial charge in [0.15, 0.2) is 0 Å². The van der Waals surface area contributed by atoms with E-state index in [-0.39, 0.29) is 24.3 Å². The van der Waals surface area contributed by atoms with Crippen molar-refractivity contribution in [2.75, 3.05) is 14.2 Å². The minimum Gasteiger partial charge on any atom is -0.469 e. The van der Waals surface area contributed by atoms with Gasteiger partial charge >= 0.3 is 11.9 Å². The summed E-state index contributed by atoms with van der Waals surface area (Å²) in [6.07, 6.45) is 1.62. The highest BCUT2D eigenvalue weighted by atomic mass is 16.5. The number of ether oxygens (including phenoxy) is 2. The molecule has 0 saturated heterocycles. The van der Waals surface area contributed by atoms with Gasteiger partial charge in [-0.3, -0.25) is 9.59 Å². The van der Waals surface area contributed by atoms with Crippen molar-refractivity contribution >= 4 is 22.7 Å². The first kappa shape index (κ1) is 16.5. The number of methoxy groups -OCH3 is 2. The van der Waals surface area contributed by atoms with Crippen LogP contribution in [0, 0.1) is 5.41 Å². The zero-order valence-electron chi connectivity index (χ0n) is 14.3. The average molecular weight is 326 g/mol. The molecule has 0 bridgehead atoms. The molecule has 0 fully saturated rings. The summed E-state index contributed by atoms with van der Waals surface area (Å²) in [7, 11) is 2.78. The normalized spacial score (nSPS) is 22.7. The Bertz CT molecular complexity index is 795. The molecule has 126 valence electrons. The third kappa shape index (κ3) is 2.56. The van der Waals surface area contributed by atoms with E-state index in [9.17, 15) is 9.59 Å². The Hall–Kier alpha value is -2.36. The van der Waals surface area contributed by atoms with Gasteiger partial charge in [0.1, 0.15) is 0 Å². The number of hydrogen-bond acceptors (Lipinski definition) is 4. The summed E-state index contributed by atoms with van der Waals surface area (Å²) in [6, 6.07) is 12.3. The molecule has 0 N–H and O–H groups in total. The summed E-state index contributed by atoms with van der Waals surface area (Å²) in [6.45, 7) is 1.89. The van der Waals surface area contributed by atoms with Crippen molar-refractivity contribution in [3.63, 3.8) is 0 Å². The number of carbonyl (C=O) groups is 2. The molecule has 2 aromatic rings. The maximum absolute atomic E-state index is 12.5. The number of rotatable bonds is 3. The summed E-state index contributed by atoms with van der Waals surface area (Å²) in [4.78, 5) is 24.4. The van der Waals surface area contributed by atoms with E-state index in [1.54, 1.807) is 0 Å². The van der Waals surface area contributed by atoms with E-state index < -0.39 is 5.41 Å². The highest BCUT2D eigenvalue weighted by Crippen LogP contribution is 2.49. The molecule has 2 atom stereocenters. The molecular weight excluding hydrogens is 304 g/mol. The first-order chi connectivity index (χ1) is 11.5. The fraction of sp³-hybridized carbons (Fsp3) is 0.400. The predicted molar refractivity (Wildman–Crippen MR) is 91.8 cm³/mol. The first-order valence-corrected chi connectivity index (χ1v) is 8.17. The molecule has 0 heterocycles. The lowest BCUT2D eigenvalue weighted by atomic mass is 9.63. The van der Waals surface area contributed by atoms with Crippen LogP contribution in [-0.4, -0.2) is 26.2 Å². The standard InChI is InChI=1S/C20H22O4/c1-20(19(22)24-3)11-10-15-14-7-5-4-6-13(14)8-9-16(15)17(20)12-18(21)23-2/h4-9,17H,10-12H2,1-3H3/t17-,20+/m1/s1. The van der Waals surface area contributed by atoms with Crippen molar-refractivity contribution in [2.45, 2.75) is 32.1 Å². The fourth-order valence-corrected chi connectivity index (χ4v) is 3.92. The summed E-state index contributed by atoms with van der Waals surface area (Å²) in [5, 5.41) is 2.37. The molecule has 1 aliphatic rings. The number of hydrogen-bond donors (Lipinski definition) is 0. The van der Waals surface area contributed by atoms with Crippen molar-refractivity contribution in [1.29, 1.82) is 0 Å². The molecule has 0 amide bonds. The highest BCUT2D eigenvalue weighted by molar-refractivity contribution is 5.89. The predicted octanol–water partition coefficient (Wildman–Crippen LogP) is 3.61. The molecule has 24 heavy (non-hydrogen) atoms. The van der Waals surface area contributed by atoms with Gasteiger partial charge in [0, 0.05) is 5.92 Å². The van der Waals surface area contributed by atoms with Gasteiger partial charge in [-0.2, -0.15) is 0 Å². The molecule has 0 aliphatic heterocycles. The molecule has 2 aromatic carbocycles. The van der Waals surface area contributed by atoms with Crippen LogP contribution < -0.4 is 0 Å². The minimum absolute atomic E-state index is 0.174. The Balaban J connectivity index is 2.16. The average Bonchev–Trinajstić information content (AvgIpc) is 2.62. The number of fused-ring (bicyclic) bond motifs is 3. The largest absolute Gasteiger partial charge is 0.469 e. The van der Waals surface area contributed by atoms with Crippen LogP contribution in [-0.2, 0) is 25.5 Å². The van der Waals surface area contributed by atoms with Crippen LogP contribution in [0.3, 0.4) is 0 Å². The fourth-order valence-electron chi connectivity index (χ4n) is 3.92. The van der Waals surface area contributed by atoms with E-state index in [4.69, 9.17) is 9.47 Å². The Morgan fingerprint density at radius 3 is 2.58 bits per heavy atom. The lowest BCUT2D eigenvalue weighted by Crippen LogP contribution is -2.40. The van der Waals surface area contributed by atoms with Gasteiger partial charge in [-0.1, -0.05) is 36.4 Å². The van der Waals surface area contributed by atoms with E-state index in [0.29, 0.717) is 6.42 Å². The maximum atomic E-state index is 12.5. The van der Waals surface area contributed by atoms with Gasteiger partial charge in [-0.05, 0) is 41.7 Å². The topological polar surface area (TPSA) is 52.6 Å². The number of aryl methyl sites for hydroxylation is 1. The second kappa shape index (κ2) is 6.27. The summed E-state index contributed by atoms with van der Waals surface area (Å²) >= 11 is 0. The molecule has 4 nitrogen and oxygen atoms in total. The van der Waals surface area contributed by atoms with Gasteiger partial charge in [-0.25, -0.2) is 0 Å². The molecule has 0 spiro atoms. The maximum Gasteiger partial charge on any atom is 0.312 e. The zero-order valence-corrected chi connectivity index (χ0v) is 14.3. The van der Waals surface area contributed by atoms with Crippen LogP contribution in [0.1, 0.15) is 36.8 Å². The van der Waals surface area contributed by atoms with Crippen molar-refractivity contribution in [1.82, 2.24) is 0 Å². The van der Waals surface area contributed by atoms with Crippen LogP contribution in [0.5, 0.6) is 0 Å². The molecule has 1 aliphatic carbocycles. The van der Waals surface area contributed by atoms with Gasteiger partial charge < -0.3 is 9.47 Å². The second-order valence-corrected chi connectivity index (χ2v) is 6.60. The van der Waals surface area contributed by atoms with E-state index in [1.807, 2.05) is 25.1 Å². The number of carbonyl (C=O) groups excluding carboxylic acids is 2. The molecule has 3 rings (SSSR count). The third-order valence-electron chi connectivity index (χ3n) is 5.37. The smallest absolute Gasteiger partial charge is 0.312 e. The second-order valence-electron chi connectivity index (χ2n) is 6.60. The van der Waals surface area contributed by atoms with E-state index in [2.05, 4.69) is 18.2 Å². The molecule has 0 saturated carbocycles. The highest BCUT2D eigenvalue weighted by Gasteiger charge is 2.47. The molecule has 4 heteroatoms. The van der Waals surface area contributed by atoms with Crippen LogP contribution in [0.2, 0.25) is 0 Å². The molecule has 0 unspecified atom stereocenters. The summed E-state index contributed by atoms with van der Waals surface area (Å²) < 4.78 is 9.92. The van der Waals surface area contributed by atoms with E-state index in [0.717, 1.165) is 12.0 Å². The first-order valence-electron chi connectivity index (χ1n) is 8.17. The van der Waals surface area contributed by atoms with Crippen LogP contribution in [0.15, 0.2) is 36.4 Å². The lowest BCUT2D eigenvalue weighted by molar-refractivity contribution is -0.155.